The van der Waals surface area contributed by atoms with Crippen LogP contribution < -0.4 is 0 Å². The molecule has 2 N–H and O–H groups in total. The van der Waals surface area contributed by atoms with Crippen molar-refractivity contribution >= 4 is 16.9 Å². The highest BCUT2D eigenvalue weighted by Crippen LogP contribution is 2.15. The van der Waals surface area contributed by atoms with E-state index in [2.05, 4.69) is 9.72 Å². The average molecular weight is 219 g/mol. The maximum atomic E-state index is 11.0. The van der Waals surface area contributed by atoms with E-state index in [0.717, 1.165) is 16.6 Å². The summed E-state index contributed by atoms with van der Waals surface area (Å²) in [5, 5.41) is 10.6. The number of aromatic nitrogens is 1. The molecule has 0 saturated heterocycles. The molecule has 0 amide bonds. The van der Waals surface area contributed by atoms with Crippen LogP contribution in [0.15, 0.2) is 30.3 Å². The molecule has 0 saturated carbocycles. The van der Waals surface area contributed by atoms with Crippen LogP contribution >= 0.6 is 0 Å². The van der Waals surface area contributed by atoms with E-state index >= 15 is 0 Å². The minimum absolute atomic E-state index is 0.237. The van der Waals surface area contributed by atoms with Crippen LogP contribution in [0.25, 0.3) is 10.9 Å². The number of hydrogen-bond donors (Lipinski definition) is 2. The third-order valence-corrected chi connectivity index (χ3v) is 2.47. The lowest BCUT2D eigenvalue weighted by molar-refractivity contribution is -0.150. The van der Waals surface area contributed by atoms with Gasteiger partial charge in [-0.2, -0.15) is 0 Å². The molecule has 1 unspecified atom stereocenters. The minimum Gasteiger partial charge on any atom is -0.467 e. The molecule has 0 fully saturated rings. The first-order chi connectivity index (χ1) is 7.70. The van der Waals surface area contributed by atoms with Gasteiger partial charge in [0.05, 0.1) is 7.11 Å². The van der Waals surface area contributed by atoms with Crippen molar-refractivity contribution in [1.82, 2.24) is 4.98 Å². The Morgan fingerprint density at radius 1 is 1.50 bits per heavy atom. The number of ether oxygens (including phenoxy) is 1. The highest BCUT2D eigenvalue weighted by atomic mass is 16.5. The lowest BCUT2D eigenvalue weighted by atomic mass is 10.2. The molecule has 4 heteroatoms. The van der Waals surface area contributed by atoms with Crippen LogP contribution in [-0.2, 0) is 16.0 Å². The predicted molar refractivity (Wildman–Crippen MR) is 60.0 cm³/mol. The maximum Gasteiger partial charge on any atom is 0.335 e. The summed E-state index contributed by atoms with van der Waals surface area (Å²) in [7, 11) is 1.26. The highest BCUT2D eigenvalue weighted by Gasteiger charge is 2.16. The number of carbonyl (C=O) groups is 1. The smallest absolute Gasteiger partial charge is 0.335 e. The zero-order valence-corrected chi connectivity index (χ0v) is 8.93. The molecule has 2 aromatic rings. The van der Waals surface area contributed by atoms with Crippen molar-refractivity contribution in [2.24, 2.45) is 0 Å². The SMILES string of the molecule is COC(=O)C(O)Cc1cc2ccccc2[nH]1. The van der Waals surface area contributed by atoms with E-state index in [1.165, 1.54) is 7.11 Å². The van der Waals surface area contributed by atoms with E-state index in [4.69, 9.17) is 0 Å². The van der Waals surface area contributed by atoms with Crippen molar-refractivity contribution in [3.63, 3.8) is 0 Å². The summed E-state index contributed by atoms with van der Waals surface area (Å²) < 4.78 is 4.46. The molecule has 0 spiro atoms. The zero-order valence-electron chi connectivity index (χ0n) is 8.93. The second-order valence-corrected chi connectivity index (χ2v) is 3.62. The van der Waals surface area contributed by atoms with Gasteiger partial charge in [0.25, 0.3) is 0 Å². The summed E-state index contributed by atoms with van der Waals surface area (Å²) in [6.45, 7) is 0. The molecule has 1 atom stereocenters. The average Bonchev–Trinajstić information content (AvgIpc) is 2.69. The number of methoxy groups -OCH3 is 1. The Labute approximate surface area is 92.9 Å². The first kappa shape index (κ1) is 10.7. The van der Waals surface area contributed by atoms with Crippen molar-refractivity contribution in [2.45, 2.75) is 12.5 Å². The molecule has 1 aromatic heterocycles. The van der Waals surface area contributed by atoms with Gasteiger partial charge in [0, 0.05) is 17.6 Å². The normalized spacial score (nSPS) is 12.6. The fourth-order valence-corrected chi connectivity index (χ4v) is 1.67. The topological polar surface area (TPSA) is 62.3 Å². The van der Waals surface area contributed by atoms with Crippen LogP contribution in [0.1, 0.15) is 5.69 Å². The molecule has 16 heavy (non-hydrogen) atoms. The van der Waals surface area contributed by atoms with Crippen LogP contribution in [0.5, 0.6) is 0 Å². The second kappa shape index (κ2) is 4.37. The van der Waals surface area contributed by atoms with Crippen molar-refractivity contribution in [3.05, 3.63) is 36.0 Å². The molecule has 0 bridgehead atoms. The molecule has 4 nitrogen and oxygen atoms in total. The van der Waals surface area contributed by atoms with Crippen LogP contribution in [0, 0.1) is 0 Å². The van der Waals surface area contributed by atoms with Gasteiger partial charge in [-0.1, -0.05) is 18.2 Å². The molecule has 0 aliphatic heterocycles. The van der Waals surface area contributed by atoms with Gasteiger partial charge in [-0.15, -0.1) is 0 Å². The first-order valence-corrected chi connectivity index (χ1v) is 5.03. The molecule has 84 valence electrons. The van der Waals surface area contributed by atoms with E-state index in [1.54, 1.807) is 0 Å². The van der Waals surface area contributed by atoms with Crippen molar-refractivity contribution in [1.29, 1.82) is 0 Å². The van der Waals surface area contributed by atoms with Crippen LogP contribution in [-0.4, -0.2) is 29.3 Å². The number of nitrogens with one attached hydrogen (secondary N) is 1. The van der Waals surface area contributed by atoms with E-state index in [9.17, 15) is 9.90 Å². The molecule has 2 rings (SSSR count). The molecule has 1 heterocycles. The Hall–Kier alpha value is -1.81. The van der Waals surface area contributed by atoms with Crippen LogP contribution in [0.4, 0.5) is 0 Å². The maximum absolute atomic E-state index is 11.0. The Kier molecular flexibility index (Phi) is 2.92. The summed E-state index contributed by atoms with van der Waals surface area (Å²) in [6, 6.07) is 9.71. The van der Waals surface area contributed by atoms with Gasteiger partial charge >= 0.3 is 5.97 Å². The second-order valence-electron chi connectivity index (χ2n) is 3.62. The summed E-state index contributed by atoms with van der Waals surface area (Å²) in [4.78, 5) is 14.2. The quantitative estimate of drug-likeness (QED) is 0.763. The number of carbonyl (C=O) groups excluding carboxylic acids is 1. The number of aliphatic hydroxyl groups excluding tert-OH is 1. The van der Waals surface area contributed by atoms with Gasteiger partial charge in [0.1, 0.15) is 0 Å². The number of rotatable bonds is 3. The van der Waals surface area contributed by atoms with Crippen LogP contribution in [0.2, 0.25) is 0 Å². The van der Waals surface area contributed by atoms with Gasteiger partial charge < -0.3 is 14.8 Å². The number of hydrogen-bond acceptors (Lipinski definition) is 3. The number of para-hydroxylation sites is 1. The van der Waals surface area contributed by atoms with Gasteiger partial charge in [0.2, 0.25) is 0 Å². The first-order valence-electron chi connectivity index (χ1n) is 5.03. The molecule has 1 aromatic carbocycles. The predicted octanol–water partition coefficient (Wildman–Crippen LogP) is 1.24. The van der Waals surface area contributed by atoms with Crippen molar-refractivity contribution < 1.29 is 14.6 Å². The van der Waals surface area contributed by atoms with E-state index in [0.29, 0.717) is 0 Å². The van der Waals surface area contributed by atoms with Crippen molar-refractivity contribution in [2.75, 3.05) is 7.11 Å². The summed E-state index contributed by atoms with van der Waals surface area (Å²) >= 11 is 0. The number of esters is 1. The Morgan fingerprint density at radius 2 is 2.25 bits per heavy atom. The van der Waals surface area contributed by atoms with E-state index in [-0.39, 0.29) is 6.42 Å². The van der Waals surface area contributed by atoms with E-state index < -0.39 is 12.1 Å². The Morgan fingerprint density at radius 3 is 2.94 bits per heavy atom. The number of aromatic amines is 1. The standard InChI is InChI=1S/C12H13NO3/c1-16-12(15)11(14)7-9-6-8-4-2-3-5-10(8)13-9/h2-6,11,13-14H,7H2,1H3. The number of benzene rings is 1. The fourth-order valence-electron chi connectivity index (χ4n) is 1.67. The van der Waals surface area contributed by atoms with Gasteiger partial charge in [-0.3, -0.25) is 0 Å². The van der Waals surface area contributed by atoms with Gasteiger partial charge in [0.15, 0.2) is 6.10 Å². The Balaban J connectivity index is 2.18. The van der Waals surface area contributed by atoms with E-state index in [1.807, 2.05) is 30.3 Å². The number of fused-ring (bicyclic) bond motifs is 1. The molecule has 0 aliphatic rings. The van der Waals surface area contributed by atoms with Crippen molar-refractivity contribution in [3.8, 4) is 0 Å². The largest absolute Gasteiger partial charge is 0.467 e. The number of H-pyrrole nitrogens is 1. The summed E-state index contributed by atoms with van der Waals surface area (Å²) in [5.41, 5.74) is 1.81. The van der Waals surface area contributed by atoms with Gasteiger partial charge in [-0.25, -0.2) is 4.79 Å². The third-order valence-electron chi connectivity index (χ3n) is 2.47. The minimum atomic E-state index is -1.11. The lowest BCUT2D eigenvalue weighted by Gasteiger charge is -2.05. The Bertz CT molecular complexity index is 471. The van der Waals surface area contributed by atoms with Crippen LogP contribution in [0.3, 0.4) is 0 Å². The molecule has 0 aliphatic carbocycles. The third kappa shape index (κ3) is 2.06. The molecule has 0 radical (unpaired) electrons. The monoisotopic (exact) mass is 219 g/mol. The molecular weight excluding hydrogens is 206 g/mol. The van der Waals surface area contributed by atoms with Gasteiger partial charge in [-0.05, 0) is 17.5 Å². The highest BCUT2D eigenvalue weighted by molar-refractivity contribution is 5.80. The number of aliphatic hydroxyl groups is 1. The molecular formula is C12H13NO3. The zero-order chi connectivity index (χ0) is 11.5. The summed E-state index contributed by atoms with van der Waals surface area (Å²) in [6.07, 6.45) is -0.875. The summed E-state index contributed by atoms with van der Waals surface area (Å²) in [5.74, 6) is -0.612. The fraction of sp³-hybridized carbons (Fsp3) is 0.250. The lowest BCUT2D eigenvalue weighted by Crippen LogP contribution is -2.24.